The molecule has 144 valence electrons. The van der Waals surface area contributed by atoms with Gasteiger partial charge in [-0.1, -0.05) is 30.3 Å². The number of nitrogens with zero attached hydrogens (tertiary/aromatic N) is 1. The molecule has 2 saturated heterocycles. The molecule has 1 amide bonds. The van der Waals surface area contributed by atoms with Crippen LogP contribution >= 0.6 is 0 Å². The Morgan fingerprint density at radius 2 is 1.81 bits per heavy atom. The molecular weight excluding hydrogens is 334 g/mol. The van der Waals surface area contributed by atoms with Gasteiger partial charge in [0.05, 0.1) is 25.9 Å². The number of aliphatic hydroxyl groups is 1. The van der Waals surface area contributed by atoms with Crippen LogP contribution in [0.2, 0.25) is 0 Å². The first-order valence-electron chi connectivity index (χ1n) is 9.26. The summed E-state index contributed by atoms with van der Waals surface area (Å²) in [5.74, 6) is -0.717. The molecule has 0 aliphatic carbocycles. The van der Waals surface area contributed by atoms with Gasteiger partial charge in [0, 0.05) is 18.9 Å². The number of benzene rings is 1. The second-order valence-electron chi connectivity index (χ2n) is 8.08. The SMILES string of the molecule is CC(C)(C)OC(=O)N1C(CO)CC2(CC1Cc1ccccc1)OCCO2. The molecule has 0 bridgehead atoms. The number of carbonyl (C=O) groups excluding carboxylic acids is 1. The van der Waals surface area contributed by atoms with Gasteiger partial charge in [0.2, 0.25) is 0 Å². The Morgan fingerprint density at radius 1 is 1.19 bits per heavy atom. The Bertz CT molecular complexity index is 606. The van der Waals surface area contributed by atoms with E-state index in [2.05, 4.69) is 0 Å². The predicted molar refractivity (Wildman–Crippen MR) is 96.7 cm³/mol. The Morgan fingerprint density at radius 3 is 2.38 bits per heavy atom. The van der Waals surface area contributed by atoms with E-state index in [1.54, 1.807) is 4.90 Å². The van der Waals surface area contributed by atoms with Crippen LogP contribution in [-0.4, -0.2) is 59.4 Å². The van der Waals surface area contributed by atoms with Crippen LogP contribution in [-0.2, 0) is 20.6 Å². The second-order valence-corrected chi connectivity index (χ2v) is 8.08. The molecule has 1 spiro atoms. The van der Waals surface area contributed by atoms with E-state index in [0.29, 0.717) is 32.5 Å². The highest BCUT2D eigenvalue weighted by atomic mass is 16.7. The Hall–Kier alpha value is -1.63. The van der Waals surface area contributed by atoms with Gasteiger partial charge in [0.1, 0.15) is 5.60 Å². The zero-order valence-electron chi connectivity index (χ0n) is 15.8. The van der Waals surface area contributed by atoms with Crippen molar-refractivity contribution in [2.24, 2.45) is 0 Å². The molecule has 0 radical (unpaired) electrons. The van der Waals surface area contributed by atoms with Crippen molar-refractivity contribution >= 4 is 6.09 Å². The Kier molecular flexibility index (Phi) is 5.55. The first-order valence-corrected chi connectivity index (χ1v) is 9.26. The molecule has 0 saturated carbocycles. The minimum Gasteiger partial charge on any atom is -0.444 e. The average molecular weight is 363 g/mol. The molecule has 2 heterocycles. The maximum Gasteiger partial charge on any atom is 0.410 e. The third-order valence-electron chi connectivity index (χ3n) is 4.82. The summed E-state index contributed by atoms with van der Waals surface area (Å²) in [6.45, 7) is 6.48. The smallest absolute Gasteiger partial charge is 0.410 e. The molecule has 2 unspecified atom stereocenters. The van der Waals surface area contributed by atoms with Gasteiger partial charge in [-0.05, 0) is 32.8 Å². The second kappa shape index (κ2) is 7.55. The standard InChI is InChI=1S/C20H29NO5/c1-19(2,3)26-18(23)21-16(11-15-7-5-4-6-8-15)12-20(13-17(21)14-22)24-9-10-25-20/h4-8,16-17,22H,9-14H2,1-3H3. The van der Waals surface area contributed by atoms with Crippen molar-refractivity contribution in [2.75, 3.05) is 19.8 Å². The van der Waals surface area contributed by atoms with Crippen molar-refractivity contribution in [3.8, 4) is 0 Å². The van der Waals surface area contributed by atoms with Crippen LogP contribution in [0.15, 0.2) is 30.3 Å². The molecule has 2 aliphatic rings. The third kappa shape index (κ3) is 4.37. The normalized spacial score (nSPS) is 25.5. The number of ether oxygens (including phenoxy) is 3. The molecule has 6 nitrogen and oxygen atoms in total. The fraction of sp³-hybridized carbons (Fsp3) is 0.650. The van der Waals surface area contributed by atoms with Crippen LogP contribution in [0.4, 0.5) is 4.79 Å². The number of hydrogen-bond acceptors (Lipinski definition) is 5. The molecule has 6 heteroatoms. The molecule has 2 aliphatic heterocycles. The zero-order chi connectivity index (χ0) is 18.8. The minimum absolute atomic E-state index is 0.154. The number of rotatable bonds is 3. The lowest BCUT2D eigenvalue weighted by Crippen LogP contribution is -2.60. The quantitative estimate of drug-likeness (QED) is 0.894. The minimum atomic E-state index is -0.717. The molecule has 1 aromatic rings. The molecule has 3 rings (SSSR count). The number of carbonyl (C=O) groups is 1. The highest BCUT2D eigenvalue weighted by Crippen LogP contribution is 2.39. The van der Waals surface area contributed by atoms with Gasteiger partial charge in [-0.3, -0.25) is 4.90 Å². The summed E-state index contributed by atoms with van der Waals surface area (Å²) in [7, 11) is 0. The molecule has 26 heavy (non-hydrogen) atoms. The summed E-state index contributed by atoms with van der Waals surface area (Å²) < 4.78 is 17.4. The van der Waals surface area contributed by atoms with Crippen LogP contribution in [0.25, 0.3) is 0 Å². The lowest BCUT2D eigenvalue weighted by molar-refractivity contribution is -0.208. The van der Waals surface area contributed by atoms with E-state index in [1.165, 1.54) is 0 Å². The summed E-state index contributed by atoms with van der Waals surface area (Å²) >= 11 is 0. The van der Waals surface area contributed by atoms with E-state index >= 15 is 0 Å². The van der Waals surface area contributed by atoms with Crippen LogP contribution in [0, 0.1) is 0 Å². The van der Waals surface area contributed by atoms with E-state index in [0.717, 1.165) is 5.56 Å². The van der Waals surface area contributed by atoms with Crippen molar-refractivity contribution in [3.05, 3.63) is 35.9 Å². The average Bonchev–Trinajstić information content (AvgIpc) is 3.01. The lowest BCUT2D eigenvalue weighted by Gasteiger charge is -2.48. The van der Waals surface area contributed by atoms with Crippen molar-refractivity contribution < 1.29 is 24.1 Å². The highest BCUT2D eigenvalue weighted by Gasteiger charge is 2.50. The van der Waals surface area contributed by atoms with Gasteiger partial charge < -0.3 is 19.3 Å². The van der Waals surface area contributed by atoms with Crippen LogP contribution in [0.3, 0.4) is 0 Å². The first kappa shape index (κ1) is 19.1. The Labute approximate surface area is 155 Å². The number of piperidine rings is 1. The number of amides is 1. The van der Waals surface area contributed by atoms with Gasteiger partial charge in [0.25, 0.3) is 0 Å². The largest absolute Gasteiger partial charge is 0.444 e. The highest BCUT2D eigenvalue weighted by molar-refractivity contribution is 5.69. The van der Waals surface area contributed by atoms with Gasteiger partial charge in [-0.2, -0.15) is 0 Å². The number of likely N-dealkylation sites (tertiary alicyclic amines) is 1. The fourth-order valence-electron chi connectivity index (χ4n) is 3.85. The van der Waals surface area contributed by atoms with Gasteiger partial charge >= 0.3 is 6.09 Å². The number of hydrogen-bond donors (Lipinski definition) is 1. The van der Waals surface area contributed by atoms with Crippen LogP contribution in [0.1, 0.15) is 39.2 Å². The molecule has 0 aromatic heterocycles. The maximum absolute atomic E-state index is 12.9. The van der Waals surface area contributed by atoms with Crippen molar-refractivity contribution in [1.82, 2.24) is 4.90 Å². The summed E-state index contributed by atoms with van der Waals surface area (Å²) in [5.41, 5.74) is 0.530. The lowest BCUT2D eigenvalue weighted by atomic mass is 9.87. The van der Waals surface area contributed by atoms with E-state index in [-0.39, 0.29) is 12.6 Å². The van der Waals surface area contributed by atoms with Crippen molar-refractivity contribution in [2.45, 2.75) is 63.5 Å². The van der Waals surface area contributed by atoms with Gasteiger partial charge in [0.15, 0.2) is 5.79 Å². The fourth-order valence-corrected chi connectivity index (χ4v) is 3.85. The predicted octanol–water partition coefficient (Wildman–Crippen LogP) is 2.73. The van der Waals surface area contributed by atoms with Crippen LogP contribution in [0.5, 0.6) is 0 Å². The Balaban J connectivity index is 1.87. The number of aliphatic hydroxyl groups excluding tert-OH is 1. The van der Waals surface area contributed by atoms with Crippen molar-refractivity contribution in [1.29, 1.82) is 0 Å². The van der Waals surface area contributed by atoms with E-state index in [9.17, 15) is 9.90 Å². The van der Waals surface area contributed by atoms with E-state index < -0.39 is 23.5 Å². The van der Waals surface area contributed by atoms with Crippen LogP contribution < -0.4 is 0 Å². The van der Waals surface area contributed by atoms with Crippen molar-refractivity contribution in [3.63, 3.8) is 0 Å². The molecule has 1 N–H and O–H groups in total. The summed E-state index contributed by atoms with van der Waals surface area (Å²) in [4.78, 5) is 14.6. The zero-order valence-corrected chi connectivity index (χ0v) is 15.8. The van der Waals surface area contributed by atoms with Gasteiger partial charge in [-0.25, -0.2) is 4.79 Å². The monoisotopic (exact) mass is 363 g/mol. The molecular formula is C20H29NO5. The molecule has 2 fully saturated rings. The molecule has 1 aromatic carbocycles. The first-order chi connectivity index (χ1) is 12.3. The summed E-state index contributed by atoms with van der Waals surface area (Å²) in [6.07, 6.45) is 1.28. The van der Waals surface area contributed by atoms with E-state index in [4.69, 9.17) is 14.2 Å². The molecule has 2 atom stereocenters. The van der Waals surface area contributed by atoms with E-state index in [1.807, 2.05) is 51.1 Å². The topological polar surface area (TPSA) is 68.2 Å². The summed E-state index contributed by atoms with van der Waals surface area (Å²) in [5, 5.41) is 9.98. The van der Waals surface area contributed by atoms with Gasteiger partial charge in [-0.15, -0.1) is 0 Å². The third-order valence-corrected chi connectivity index (χ3v) is 4.82. The maximum atomic E-state index is 12.9. The summed E-state index contributed by atoms with van der Waals surface area (Å²) in [6, 6.07) is 9.45.